The van der Waals surface area contributed by atoms with Crippen LogP contribution in [0.4, 0.5) is 10.8 Å². The van der Waals surface area contributed by atoms with E-state index in [1.54, 1.807) is 37.1 Å². The van der Waals surface area contributed by atoms with Crippen LogP contribution in [0, 0.1) is 6.92 Å². The second-order valence-corrected chi connectivity index (χ2v) is 11.1. The van der Waals surface area contributed by atoms with Crippen molar-refractivity contribution >= 4 is 44.2 Å². The van der Waals surface area contributed by atoms with Gasteiger partial charge in [-0.1, -0.05) is 24.3 Å². The third-order valence-electron chi connectivity index (χ3n) is 5.56. The molecule has 2 aromatic carbocycles. The summed E-state index contributed by atoms with van der Waals surface area (Å²) in [5.74, 6) is 1.08. The maximum absolute atomic E-state index is 13.1. The summed E-state index contributed by atoms with van der Waals surface area (Å²) in [5.41, 5.74) is 2.32. The molecule has 0 saturated heterocycles. The molecule has 36 heavy (non-hydrogen) atoms. The van der Waals surface area contributed by atoms with E-state index in [2.05, 4.69) is 14.9 Å². The Balaban J connectivity index is 1.51. The molecule has 1 aliphatic heterocycles. The number of methoxy groups -OCH3 is 1. The fraction of sp³-hybridized carbons (Fsp3) is 0.320. The molecule has 0 bridgehead atoms. The molecule has 0 aliphatic carbocycles. The van der Waals surface area contributed by atoms with Crippen LogP contribution in [-0.4, -0.2) is 44.8 Å². The molecule has 1 amide bonds. The van der Waals surface area contributed by atoms with E-state index in [0.29, 0.717) is 41.8 Å². The van der Waals surface area contributed by atoms with Gasteiger partial charge in [0.1, 0.15) is 5.01 Å². The van der Waals surface area contributed by atoms with Gasteiger partial charge in [0, 0.05) is 18.3 Å². The molecular formula is C25H28N4O5S2. The monoisotopic (exact) mass is 528 g/mol. The maximum atomic E-state index is 13.1. The number of carbonyl (C=O) groups is 1. The van der Waals surface area contributed by atoms with Crippen LogP contribution in [0.25, 0.3) is 6.08 Å². The minimum atomic E-state index is -3.82. The molecular weight excluding hydrogens is 500 g/mol. The third kappa shape index (κ3) is 5.85. The smallest absolute Gasteiger partial charge is 0.263 e. The Morgan fingerprint density at radius 2 is 2.03 bits per heavy atom. The normalized spacial score (nSPS) is 13.5. The fourth-order valence-electron chi connectivity index (χ4n) is 3.86. The van der Waals surface area contributed by atoms with Gasteiger partial charge < -0.3 is 14.4 Å². The van der Waals surface area contributed by atoms with Crippen molar-refractivity contribution in [3.63, 3.8) is 0 Å². The van der Waals surface area contributed by atoms with Crippen LogP contribution < -0.4 is 19.1 Å². The molecule has 0 spiro atoms. The number of amides is 1. The Hall–Kier alpha value is -3.44. The van der Waals surface area contributed by atoms with Crippen molar-refractivity contribution in [2.24, 2.45) is 0 Å². The summed E-state index contributed by atoms with van der Waals surface area (Å²) in [6, 6.07) is 10.3. The molecule has 4 rings (SSSR count). The average molecular weight is 529 g/mol. The summed E-state index contributed by atoms with van der Waals surface area (Å²) in [7, 11) is -2.24. The minimum absolute atomic E-state index is 0.122. The Morgan fingerprint density at radius 3 is 2.75 bits per heavy atom. The summed E-state index contributed by atoms with van der Waals surface area (Å²) in [6.07, 6.45) is 5.55. The number of aryl methyl sites for hydroxylation is 2. The number of ether oxygens (including phenoxy) is 2. The van der Waals surface area contributed by atoms with Crippen molar-refractivity contribution in [3.05, 3.63) is 58.6 Å². The molecule has 0 unspecified atom stereocenters. The van der Waals surface area contributed by atoms with E-state index in [1.165, 1.54) is 12.1 Å². The van der Waals surface area contributed by atoms with Gasteiger partial charge in [0.05, 0.1) is 18.6 Å². The SMILES string of the molecule is CCCOc1ccc(/C=C/C(=O)N2CCCc3cc(S(=O)(=O)Nc4nnc(C)s4)ccc32)cc1OC. The number of nitrogens with zero attached hydrogens (tertiary/aromatic N) is 3. The van der Waals surface area contributed by atoms with Crippen molar-refractivity contribution in [1.29, 1.82) is 0 Å². The molecule has 0 saturated carbocycles. The molecule has 3 aromatic rings. The zero-order valence-electron chi connectivity index (χ0n) is 20.4. The highest BCUT2D eigenvalue weighted by atomic mass is 32.2. The van der Waals surface area contributed by atoms with Gasteiger partial charge in [-0.05, 0) is 73.7 Å². The van der Waals surface area contributed by atoms with E-state index >= 15 is 0 Å². The first-order valence-corrected chi connectivity index (χ1v) is 13.9. The lowest BCUT2D eigenvalue weighted by Gasteiger charge is -2.29. The molecule has 1 N–H and O–H groups in total. The first-order valence-electron chi connectivity index (χ1n) is 11.6. The quantitative estimate of drug-likeness (QED) is 0.409. The summed E-state index contributed by atoms with van der Waals surface area (Å²) >= 11 is 1.16. The summed E-state index contributed by atoms with van der Waals surface area (Å²) in [5, 5.41) is 8.55. The zero-order valence-corrected chi connectivity index (χ0v) is 22.0. The lowest BCUT2D eigenvalue weighted by Crippen LogP contribution is -2.34. The third-order valence-corrected chi connectivity index (χ3v) is 7.78. The van der Waals surface area contributed by atoms with Gasteiger partial charge in [-0.25, -0.2) is 8.42 Å². The number of hydrogen-bond donors (Lipinski definition) is 1. The van der Waals surface area contributed by atoms with Crippen LogP contribution in [0.15, 0.2) is 47.4 Å². The van der Waals surface area contributed by atoms with Crippen molar-refractivity contribution in [2.45, 2.75) is 38.0 Å². The topological polar surface area (TPSA) is 111 Å². The number of hydrogen-bond acceptors (Lipinski definition) is 8. The lowest BCUT2D eigenvalue weighted by atomic mass is 10.0. The van der Waals surface area contributed by atoms with Gasteiger partial charge in [-0.3, -0.25) is 9.52 Å². The van der Waals surface area contributed by atoms with Crippen LogP contribution in [0.3, 0.4) is 0 Å². The van der Waals surface area contributed by atoms with Crippen molar-refractivity contribution in [1.82, 2.24) is 10.2 Å². The molecule has 1 aliphatic rings. The Bertz CT molecular complexity index is 1380. The zero-order chi connectivity index (χ0) is 25.7. The standard InChI is InChI=1S/C25H28N4O5S2/c1-4-14-34-22-11-7-18(15-23(22)33-3)8-12-24(30)29-13-5-6-19-16-20(9-10-21(19)29)36(31,32)28-25-27-26-17(2)35-25/h7-12,15-16H,4-6,13-14H2,1-3H3,(H,27,28)/b12-8+. The van der Waals surface area contributed by atoms with E-state index in [4.69, 9.17) is 9.47 Å². The van der Waals surface area contributed by atoms with E-state index in [0.717, 1.165) is 35.3 Å². The minimum Gasteiger partial charge on any atom is -0.493 e. The van der Waals surface area contributed by atoms with Gasteiger partial charge in [0.2, 0.25) is 5.13 Å². The Kier molecular flexibility index (Phi) is 7.90. The largest absolute Gasteiger partial charge is 0.493 e. The van der Waals surface area contributed by atoms with Gasteiger partial charge in [-0.15, -0.1) is 10.2 Å². The van der Waals surface area contributed by atoms with E-state index in [-0.39, 0.29) is 15.9 Å². The average Bonchev–Trinajstić information content (AvgIpc) is 3.28. The summed E-state index contributed by atoms with van der Waals surface area (Å²) in [4.78, 5) is 14.9. The van der Waals surface area contributed by atoms with Crippen LogP contribution >= 0.6 is 11.3 Å². The fourth-order valence-corrected chi connectivity index (χ4v) is 5.73. The van der Waals surface area contributed by atoms with Crippen LogP contribution in [0.1, 0.15) is 35.9 Å². The van der Waals surface area contributed by atoms with Crippen LogP contribution in [0.2, 0.25) is 0 Å². The first-order chi connectivity index (χ1) is 17.3. The number of nitrogens with one attached hydrogen (secondary N) is 1. The number of anilines is 2. The molecule has 11 heteroatoms. The predicted molar refractivity (Wildman–Crippen MR) is 140 cm³/mol. The molecule has 0 fully saturated rings. The van der Waals surface area contributed by atoms with Gasteiger partial charge >= 0.3 is 0 Å². The van der Waals surface area contributed by atoms with Crippen molar-refractivity contribution in [2.75, 3.05) is 29.9 Å². The van der Waals surface area contributed by atoms with E-state index < -0.39 is 10.0 Å². The van der Waals surface area contributed by atoms with Gasteiger partial charge in [0.15, 0.2) is 11.5 Å². The predicted octanol–water partition coefficient (Wildman–Crippen LogP) is 4.44. The number of carbonyl (C=O) groups excluding carboxylic acids is 1. The van der Waals surface area contributed by atoms with Crippen LogP contribution in [0.5, 0.6) is 11.5 Å². The summed E-state index contributed by atoms with van der Waals surface area (Å²) in [6.45, 7) is 4.94. The Labute approximate surface area is 214 Å². The molecule has 0 radical (unpaired) electrons. The molecule has 190 valence electrons. The van der Waals surface area contributed by atoms with Gasteiger partial charge in [0.25, 0.3) is 15.9 Å². The molecule has 2 heterocycles. The number of aromatic nitrogens is 2. The Morgan fingerprint density at radius 1 is 1.19 bits per heavy atom. The van der Waals surface area contributed by atoms with Crippen molar-refractivity contribution in [3.8, 4) is 11.5 Å². The number of sulfonamides is 1. The second-order valence-electron chi connectivity index (χ2n) is 8.21. The number of fused-ring (bicyclic) bond motifs is 1. The maximum Gasteiger partial charge on any atom is 0.263 e. The number of rotatable bonds is 9. The van der Waals surface area contributed by atoms with E-state index in [9.17, 15) is 13.2 Å². The van der Waals surface area contributed by atoms with Crippen LogP contribution in [-0.2, 0) is 21.2 Å². The number of benzene rings is 2. The molecule has 1 aromatic heterocycles. The molecule has 0 atom stereocenters. The van der Waals surface area contributed by atoms with Gasteiger partial charge in [-0.2, -0.15) is 0 Å². The first kappa shape index (κ1) is 25.6. The lowest BCUT2D eigenvalue weighted by molar-refractivity contribution is -0.114. The highest BCUT2D eigenvalue weighted by molar-refractivity contribution is 7.93. The van der Waals surface area contributed by atoms with E-state index in [1.807, 2.05) is 25.1 Å². The highest BCUT2D eigenvalue weighted by Gasteiger charge is 2.24. The highest BCUT2D eigenvalue weighted by Crippen LogP contribution is 2.31. The molecule has 9 nitrogen and oxygen atoms in total. The summed E-state index contributed by atoms with van der Waals surface area (Å²) < 4.78 is 39.2. The second kappa shape index (κ2) is 11.1. The van der Waals surface area contributed by atoms with Crippen molar-refractivity contribution < 1.29 is 22.7 Å².